The third-order valence-electron chi connectivity index (χ3n) is 5.25. The fraction of sp³-hybridized carbons (Fsp3) is 0.478. The molecule has 4 atom stereocenters. The second-order valence-electron chi connectivity index (χ2n) is 8.00. The highest BCUT2D eigenvalue weighted by molar-refractivity contribution is 5.15. The predicted octanol–water partition coefficient (Wildman–Crippen LogP) is 3.03. The van der Waals surface area contributed by atoms with Gasteiger partial charge in [-0.2, -0.15) is 0 Å². The zero-order chi connectivity index (χ0) is 20.3. The molecule has 0 aromatic heterocycles. The minimum atomic E-state index is -1.06. The highest BCUT2D eigenvalue weighted by Gasteiger charge is 2.62. The molecule has 29 heavy (non-hydrogen) atoms. The highest BCUT2D eigenvalue weighted by Crippen LogP contribution is 2.44. The maximum absolute atomic E-state index is 10.3. The van der Waals surface area contributed by atoms with Crippen LogP contribution in [-0.2, 0) is 36.9 Å². The Hall–Kier alpha value is -1.80. The second kappa shape index (κ2) is 8.52. The Morgan fingerprint density at radius 1 is 0.862 bits per heavy atom. The van der Waals surface area contributed by atoms with Gasteiger partial charge >= 0.3 is 0 Å². The molecule has 3 unspecified atom stereocenters. The minimum absolute atomic E-state index is 0.165. The van der Waals surface area contributed by atoms with E-state index in [1.54, 1.807) is 0 Å². The molecule has 0 spiro atoms. The molecule has 2 fully saturated rings. The number of aliphatic hydroxyl groups is 1. The summed E-state index contributed by atoms with van der Waals surface area (Å²) in [6, 6.07) is 19.8. The molecule has 2 aliphatic rings. The van der Waals surface area contributed by atoms with Gasteiger partial charge < -0.3 is 28.8 Å². The van der Waals surface area contributed by atoms with Crippen LogP contribution in [0, 0.1) is 0 Å². The molecule has 0 saturated carbocycles. The fourth-order valence-electron chi connectivity index (χ4n) is 3.86. The topological polar surface area (TPSA) is 66.4 Å². The Kier molecular flexibility index (Phi) is 6.01. The van der Waals surface area contributed by atoms with E-state index in [0.29, 0.717) is 13.2 Å². The van der Waals surface area contributed by atoms with Crippen molar-refractivity contribution in [3.8, 4) is 0 Å². The lowest BCUT2D eigenvalue weighted by atomic mass is 9.96. The molecule has 0 radical (unpaired) electrons. The SMILES string of the molecule is CC1(C)OC2O[C@](CO)(COCc3ccccc3)C(OCc3ccccc3)C2O1. The summed E-state index contributed by atoms with van der Waals surface area (Å²) in [4.78, 5) is 0. The van der Waals surface area contributed by atoms with E-state index in [4.69, 9.17) is 23.7 Å². The Morgan fingerprint density at radius 3 is 2.10 bits per heavy atom. The average Bonchev–Trinajstić information content (AvgIpc) is 3.17. The Labute approximate surface area is 171 Å². The van der Waals surface area contributed by atoms with E-state index >= 15 is 0 Å². The number of hydrogen-bond donors (Lipinski definition) is 1. The number of rotatable bonds is 8. The van der Waals surface area contributed by atoms with Gasteiger partial charge in [0.15, 0.2) is 12.1 Å². The van der Waals surface area contributed by atoms with Gasteiger partial charge in [0.25, 0.3) is 0 Å². The van der Waals surface area contributed by atoms with E-state index in [9.17, 15) is 5.11 Å². The number of fused-ring (bicyclic) bond motifs is 1. The summed E-state index contributed by atoms with van der Waals surface area (Å²) in [6.45, 7) is 4.38. The summed E-state index contributed by atoms with van der Waals surface area (Å²) >= 11 is 0. The van der Waals surface area contributed by atoms with E-state index < -0.39 is 29.9 Å². The van der Waals surface area contributed by atoms with Gasteiger partial charge in [0.1, 0.15) is 17.8 Å². The fourth-order valence-corrected chi connectivity index (χ4v) is 3.86. The smallest absolute Gasteiger partial charge is 0.190 e. The lowest BCUT2D eigenvalue weighted by Crippen LogP contribution is -2.52. The maximum atomic E-state index is 10.3. The molecular weight excluding hydrogens is 372 g/mol. The van der Waals surface area contributed by atoms with Gasteiger partial charge in [0, 0.05) is 0 Å². The average molecular weight is 400 g/mol. The molecule has 2 aromatic rings. The molecule has 0 bridgehead atoms. The van der Waals surface area contributed by atoms with Gasteiger partial charge in [-0.25, -0.2) is 0 Å². The lowest BCUT2D eigenvalue weighted by Gasteiger charge is -2.35. The van der Waals surface area contributed by atoms with Gasteiger partial charge in [-0.1, -0.05) is 60.7 Å². The standard InChI is InChI=1S/C23H28O6/c1-22(2)27-19-20(26-14-18-11-7-4-8-12-18)23(15-24,29-21(19)28-22)16-25-13-17-9-5-3-6-10-17/h3-12,19-21,24H,13-16H2,1-2H3/t19?,20?,21?,23-/m1/s1. The van der Waals surface area contributed by atoms with Crippen LogP contribution < -0.4 is 0 Å². The first-order valence-corrected chi connectivity index (χ1v) is 9.93. The molecule has 6 nitrogen and oxygen atoms in total. The molecule has 0 amide bonds. The Morgan fingerprint density at radius 2 is 1.48 bits per heavy atom. The summed E-state index contributed by atoms with van der Waals surface area (Å²) in [7, 11) is 0. The minimum Gasteiger partial charge on any atom is -0.393 e. The van der Waals surface area contributed by atoms with E-state index in [0.717, 1.165) is 11.1 Å². The zero-order valence-corrected chi connectivity index (χ0v) is 16.8. The van der Waals surface area contributed by atoms with Crippen LogP contribution in [0.2, 0.25) is 0 Å². The predicted molar refractivity (Wildman–Crippen MR) is 106 cm³/mol. The molecule has 2 aromatic carbocycles. The summed E-state index contributed by atoms with van der Waals surface area (Å²) in [6.07, 6.45) is -1.59. The van der Waals surface area contributed by atoms with Gasteiger partial charge in [-0.05, 0) is 25.0 Å². The molecule has 2 aliphatic heterocycles. The summed E-state index contributed by atoms with van der Waals surface area (Å²) in [5.41, 5.74) is 1.02. The quantitative estimate of drug-likeness (QED) is 0.735. The molecule has 4 rings (SSSR count). The van der Waals surface area contributed by atoms with E-state index in [1.807, 2.05) is 74.5 Å². The molecule has 1 N–H and O–H groups in total. The van der Waals surface area contributed by atoms with Gasteiger partial charge in [-0.15, -0.1) is 0 Å². The monoisotopic (exact) mass is 400 g/mol. The van der Waals surface area contributed by atoms with Crippen LogP contribution in [0.3, 0.4) is 0 Å². The number of benzene rings is 2. The zero-order valence-electron chi connectivity index (χ0n) is 16.8. The normalized spacial score (nSPS) is 30.4. The lowest BCUT2D eigenvalue weighted by molar-refractivity contribution is -0.261. The number of hydrogen-bond acceptors (Lipinski definition) is 6. The van der Waals surface area contributed by atoms with Crippen molar-refractivity contribution in [1.82, 2.24) is 0 Å². The van der Waals surface area contributed by atoms with E-state index in [-0.39, 0.29) is 13.2 Å². The Balaban J connectivity index is 1.48. The van der Waals surface area contributed by atoms with Crippen LogP contribution in [0.1, 0.15) is 25.0 Å². The van der Waals surface area contributed by atoms with E-state index in [1.165, 1.54) is 0 Å². The second-order valence-corrected chi connectivity index (χ2v) is 8.00. The third-order valence-corrected chi connectivity index (χ3v) is 5.25. The molecular formula is C23H28O6. The van der Waals surface area contributed by atoms with Crippen molar-refractivity contribution in [1.29, 1.82) is 0 Å². The highest BCUT2D eigenvalue weighted by atomic mass is 16.8. The van der Waals surface area contributed by atoms with Gasteiger partial charge in [-0.3, -0.25) is 0 Å². The van der Waals surface area contributed by atoms with Gasteiger partial charge in [0.2, 0.25) is 0 Å². The van der Waals surface area contributed by atoms with Crippen molar-refractivity contribution in [2.24, 2.45) is 0 Å². The first-order valence-electron chi connectivity index (χ1n) is 9.93. The molecule has 2 heterocycles. The number of ether oxygens (including phenoxy) is 5. The van der Waals surface area contributed by atoms with Gasteiger partial charge in [0.05, 0.1) is 26.4 Å². The molecule has 156 valence electrons. The summed E-state index contributed by atoms with van der Waals surface area (Å²) in [5.74, 6) is -0.768. The van der Waals surface area contributed by atoms with Crippen LogP contribution in [0.5, 0.6) is 0 Å². The van der Waals surface area contributed by atoms with Crippen molar-refractivity contribution < 1.29 is 28.8 Å². The molecule has 2 saturated heterocycles. The van der Waals surface area contributed by atoms with Crippen LogP contribution >= 0.6 is 0 Å². The van der Waals surface area contributed by atoms with Crippen molar-refractivity contribution in [3.63, 3.8) is 0 Å². The Bertz CT molecular complexity index is 780. The first kappa shape index (κ1) is 20.5. The molecule has 6 heteroatoms. The van der Waals surface area contributed by atoms with E-state index in [2.05, 4.69) is 0 Å². The number of aliphatic hydroxyl groups excluding tert-OH is 1. The van der Waals surface area contributed by atoms with Crippen LogP contribution in [-0.4, -0.2) is 48.2 Å². The van der Waals surface area contributed by atoms with Crippen LogP contribution in [0.4, 0.5) is 0 Å². The third kappa shape index (κ3) is 4.53. The largest absolute Gasteiger partial charge is 0.393 e. The van der Waals surface area contributed by atoms with Crippen molar-refractivity contribution in [2.75, 3.05) is 13.2 Å². The maximum Gasteiger partial charge on any atom is 0.190 e. The van der Waals surface area contributed by atoms with Crippen LogP contribution in [0.25, 0.3) is 0 Å². The van der Waals surface area contributed by atoms with Crippen molar-refractivity contribution in [2.45, 2.75) is 56.9 Å². The molecule has 0 aliphatic carbocycles. The van der Waals surface area contributed by atoms with Crippen molar-refractivity contribution >= 4 is 0 Å². The summed E-state index contributed by atoms with van der Waals surface area (Å²) < 4.78 is 30.2. The van der Waals surface area contributed by atoms with Crippen molar-refractivity contribution in [3.05, 3.63) is 71.8 Å². The first-order chi connectivity index (χ1) is 14.0. The van der Waals surface area contributed by atoms with Crippen LogP contribution in [0.15, 0.2) is 60.7 Å². The summed E-state index contributed by atoms with van der Waals surface area (Å²) in [5, 5.41) is 10.3.